The zero-order valence-corrected chi connectivity index (χ0v) is 14.4. The summed E-state index contributed by atoms with van der Waals surface area (Å²) in [5.74, 6) is -0.0672. The molecule has 3 aromatic rings. The molecule has 0 saturated heterocycles. The maximum Gasteiger partial charge on any atom is 0.197 e. The van der Waals surface area contributed by atoms with Gasteiger partial charge in [0.2, 0.25) is 0 Å². The minimum absolute atomic E-state index is 0.127. The summed E-state index contributed by atoms with van der Waals surface area (Å²) in [6.07, 6.45) is 3.06. The van der Waals surface area contributed by atoms with Crippen molar-refractivity contribution in [1.29, 1.82) is 0 Å². The van der Waals surface area contributed by atoms with Gasteiger partial charge in [0, 0.05) is 5.56 Å². The molecule has 0 atom stereocenters. The Morgan fingerprint density at radius 2 is 2.04 bits per heavy atom. The number of fused-ring (bicyclic) bond motifs is 1. The number of hydrogen-bond donors (Lipinski definition) is 2. The smallest absolute Gasteiger partial charge is 0.197 e. The molecule has 0 aliphatic heterocycles. The van der Waals surface area contributed by atoms with Gasteiger partial charge >= 0.3 is 0 Å². The molecule has 0 radical (unpaired) electrons. The van der Waals surface area contributed by atoms with Crippen molar-refractivity contribution < 1.29 is 9.90 Å². The number of nitrogens with zero attached hydrogens (tertiary/aromatic N) is 1. The normalized spacial score (nSPS) is 11.2. The van der Waals surface area contributed by atoms with Gasteiger partial charge in [-0.15, -0.1) is 11.3 Å². The molecule has 1 aromatic heterocycles. The third kappa shape index (κ3) is 3.06. The summed E-state index contributed by atoms with van der Waals surface area (Å²) in [7, 11) is 0. The fourth-order valence-electron chi connectivity index (χ4n) is 2.42. The molecule has 0 saturated carbocycles. The van der Waals surface area contributed by atoms with Gasteiger partial charge in [0.25, 0.3) is 0 Å². The van der Waals surface area contributed by atoms with Crippen molar-refractivity contribution in [2.24, 2.45) is 5.73 Å². The number of benzene rings is 2. The molecule has 4 nitrogen and oxygen atoms in total. The Balaban J connectivity index is 1.98. The quantitative estimate of drug-likeness (QED) is 0.423. The van der Waals surface area contributed by atoms with Gasteiger partial charge in [-0.25, -0.2) is 4.98 Å². The van der Waals surface area contributed by atoms with Crippen LogP contribution >= 0.6 is 23.6 Å². The molecular formula is C18H14N2O2S2. The summed E-state index contributed by atoms with van der Waals surface area (Å²) in [6, 6.07) is 11.1. The Hall–Kier alpha value is -2.57. The summed E-state index contributed by atoms with van der Waals surface area (Å²) < 4.78 is 0. The molecule has 3 N–H and O–H groups in total. The summed E-state index contributed by atoms with van der Waals surface area (Å²) >= 11 is 6.07. The van der Waals surface area contributed by atoms with Gasteiger partial charge in [0.1, 0.15) is 10.7 Å². The third-order valence-electron chi connectivity index (χ3n) is 3.58. The van der Waals surface area contributed by atoms with E-state index in [-0.39, 0.29) is 16.5 Å². The number of thiocarbonyl (C=S) groups is 1. The molecule has 1 heterocycles. The summed E-state index contributed by atoms with van der Waals surface area (Å²) in [6.45, 7) is 1.74. The monoisotopic (exact) mass is 354 g/mol. The number of allylic oxidation sites excluding steroid dienone is 1. The van der Waals surface area contributed by atoms with E-state index >= 15 is 0 Å². The van der Waals surface area contributed by atoms with Gasteiger partial charge in [-0.05, 0) is 35.9 Å². The van der Waals surface area contributed by atoms with Crippen LogP contribution in [0.5, 0.6) is 5.75 Å². The van der Waals surface area contributed by atoms with Crippen molar-refractivity contribution in [2.45, 2.75) is 6.92 Å². The number of carbonyl (C=O) groups is 1. The minimum Gasteiger partial charge on any atom is -0.507 e. The Morgan fingerprint density at radius 1 is 1.29 bits per heavy atom. The van der Waals surface area contributed by atoms with Crippen LogP contribution in [0.4, 0.5) is 0 Å². The van der Waals surface area contributed by atoms with Gasteiger partial charge in [0.15, 0.2) is 10.8 Å². The fraction of sp³-hybridized carbons (Fsp3) is 0.0556. The molecule has 120 valence electrons. The molecular weight excluding hydrogens is 340 g/mol. The predicted octanol–water partition coefficient (Wildman–Crippen LogP) is 3.84. The maximum atomic E-state index is 12.4. The average Bonchev–Trinajstić information content (AvgIpc) is 2.96. The second-order valence-corrected chi connectivity index (χ2v) is 6.65. The van der Waals surface area contributed by atoms with E-state index < -0.39 is 0 Å². The second-order valence-electron chi connectivity index (χ2n) is 5.21. The molecule has 0 spiro atoms. The second kappa shape index (κ2) is 6.51. The van der Waals surface area contributed by atoms with Crippen molar-refractivity contribution in [1.82, 2.24) is 4.98 Å². The van der Waals surface area contributed by atoms with Crippen LogP contribution in [0.1, 0.15) is 25.9 Å². The predicted molar refractivity (Wildman–Crippen MR) is 102 cm³/mol. The molecule has 0 unspecified atom stereocenters. The van der Waals surface area contributed by atoms with Crippen molar-refractivity contribution in [3.8, 4) is 5.75 Å². The van der Waals surface area contributed by atoms with Crippen LogP contribution in [0.25, 0.3) is 16.8 Å². The molecule has 0 fully saturated rings. The largest absolute Gasteiger partial charge is 0.507 e. The Morgan fingerprint density at radius 3 is 2.75 bits per heavy atom. The van der Waals surface area contributed by atoms with Gasteiger partial charge in [-0.2, -0.15) is 0 Å². The van der Waals surface area contributed by atoms with E-state index in [4.69, 9.17) is 18.0 Å². The molecule has 0 aliphatic rings. The van der Waals surface area contributed by atoms with Crippen LogP contribution in [0.15, 0.2) is 42.5 Å². The van der Waals surface area contributed by atoms with Gasteiger partial charge < -0.3 is 10.8 Å². The average molecular weight is 354 g/mol. The SMILES string of the molecule is Cc1nc(C(N)=S)sc1C(=O)/C=C\c1c(O)ccc2ccccc12. The van der Waals surface area contributed by atoms with Gasteiger partial charge in [-0.1, -0.05) is 42.5 Å². The first-order valence-corrected chi connectivity index (χ1v) is 8.40. The lowest BCUT2D eigenvalue weighted by Gasteiger charge is -2.04. The van der Waals surface area contributed by atoms with Crippen LogP contribution in [0, 0.1) is 6.92 Å². The van der Waals surface area contributed by atoms with Crippen molar-refractivity contribution in [3.63, 3.8) is 0 Å². The zero-order valence-electron chi connectivity index (χ0n) is 12.8. The molecule has 6 heteroatoms. The standard InChI is InChI=1S/C18H14N2O2S2/c1-10-16(24-18(20-10)17(19)23)15(22)9-7-13-12-5-3-2-4-11(12)6-8-14(13)21/h2-9,21H,1H3,(H2,19,23)/b9-7-. The number of ketones is 1. The van der Waals surface area contributed by atoms with E-state index in [0.29, 0.717) is 21.1 Å². The lowest BCUT2D eigenvalue weighted by Crippen LogP contribution is -2.08. The van der Waals surface area contributed by atoms with Crippen LogP contribution in [0.2, 0.25) is 0 Å². The Kier molecular flexibility index (Phi) is 4.42. The number of aromatic hydroxyl groups is 1. The number of aromatic nitrogens is 1. The van der Waals surface area contributed by atoms with E-state index in [0.717, 1.165) is 10.8 Å². The summed E-state index contributed by atoms with van der Waals surface area (Å²) in [4.78, 5) is 17.3. The van der Waals surface area contributed by atoms with E-state index in [2.05, 4.69) is 4.98 Å². The molecule has 0 aliphatic carbocycles. The van der Waals surface area contributed by atoms with Crippen LogP contribution in [-0.2, 0) is 0 Å². The number of phenols is 1. The van der Waals surface area contributed by atoms with E-state index in [1.165, 1.54) is 17.4 Å². The van der Waals surface area contributed by atoms with Crippen molar-refractivity contribution in [3.05, 3.63) is 63.6 Å². The number of carbonyl (C=O) groups excluding carboxylic acids is 1. The van der Waals surface area contributed by atoms with Crippen LogP contribution < -0.4 is 5.73 Å². The first kappa shape index (κ1) is 16.3. The van der Waals surface area contributed by atoms with E-state index in [1.54, 1.807) is 19.1 Å². The Bertz CT molecular complexity index is 990. The first-order chi connectivity index (χ1) is 11.5. The topological polar surface area (TPSA) is 76.2 Å². The highest BCUT2D eigenvalue weighted by Gasteiger charge is 2.14. The third-order valence-corrected chi connectivity index (χ3v) is 5.11. The highest BCUT2D eigenvalue weighted by atomic mass is 32.1. The number of aryl methyl sites for hydroxylation is 1. The van der Waals surface area contributed by atoms with E-state index in [1.807, 2.05) is 30.3 Å². The fourth-order valence-corrected chi connectivity index (χ4v) is 3.43. The van der Waals surface area contributed by atoms with E-state index in [9.17, 15) is 9.90 Å². The highest BCUT2D eigenvalue weighted by Crippen LogP contribution is 2.28. The Labute approximate surface area is 148 Å². The molecule has 2 aromatic carbocycles. The molecule has 0 amide bonds. The number of phenolic OH excluding ortho intramolecular Hbond substituents is 1. The maximum absolute atomic E-state index is 12.4. The van der Waals surface area contributed by atoms with Crippen LogP contribution in [0.3, 0.4) is 0 Å². The van der Waals surface area contributed by atoms with Crippen LogP contribution in [-0.4, -0.2) is 20.9 Å². The van der Waals surface area contributed by atoms with Gasteiger partial charge in [-0.3, -0.25) is 4.79 Å². The number of nitrogens with two attached hydrogens (primary N) is 1. The first-order valence-electron chi connectivity index (χ1n) is 7.17. The number of hydrogen-bond acceptors (Lipinski definition) is 5. The molecule has 3 rings (SSSR count). The number of thiazole rings is 1. The lowest BCUT2D eigenvalue weighted by atomic mass is 10.0. The van der Waals surface area contributed by atoms with Crippen molar-refractivity contribution in [2.75, 3.05) is 0 Å². The zero-order chi connectivity index (χ0) is 17.3. The lowest BCUT2D eigenvalue weighted by molar-refractivity contribution is 0.105. The molecule has 24 heavy (non-hydrogen) atoms. The highest BCUT2D eigenvalue weighted by molar-refractivity contribution is 7.81. The molecule has 0 bridgehead atoms. The number of rotatable bonds is 4. The minimum atomic E-state index is -0.195. The summed E-state index contributed by atoms with van der Waals surface area (Å²) in [5, 5.41) is 12.5. The van der Waals surface area contributed by atoms with Crippen molar-refractivity contribution >= 4 is 51.2 Å². The summed E-state index contributed by atoms with van der Waals surface area (Å²) in [5.41, 5.74) is 6.77. The van der Waals surface area contributed by atoms with Gasteiger partial charge in [0.05, 0.1) is 10.6 Å².